The number of para-hydroxylation sites is 1. The second-order valence-electron chi connectivity index (χ2n) is 7.64. The Morgan fingerprint density at radius 1 is 1.03 bits per heavy atom. The first kappa shape index (κ1) is 23.1. The van der Waals surface area contributed by atoms with Gasteiger partial charge in [-0.3, -0.25) is 4.79 Å². The number of ether oxygens (including phenoxy) is 2. The van der Waals surface area contributed by atoms with Crippen LogP contribution in [0.4, 0.5) is 5.69 Å². The third-order valence-corrected chi connectivity index (χ3v) is 4.91. The van der Waals surface area contributed by atoms with Crippen LogP contribution < -0.4 is 14.8 Å². The highest BCUT2D eigenvalue weighted by molar-refractivity contribution is 6.32. The van der Waals surface area contributed by atoms with Gasteiger partial charge < -0.3 is 14.8 Å². The summed E-state index contributed by atoms with van der Waals surface area (Å²) in [5.74, 6) is 1.33. The van der Waals surface area contributed by atoms with E-state index in [1.54, 1.807) is 12.1 Å². The van der Waals surface area contributed by atoms with Gasteiger partial charge in [0.25, 0.3) is 5.91 Å². The SMILES string of the molecule is CCCOc1c(Cl)cc(C(=O)Nc2c(C(C)C)cccc2C(C)C)cc1OCC. The monoisotopic (exact) mass is 417 g/mol. The van der Waals surface area contributed by atoms with E-state index in [1.165, 1.54) is 0 Å². The molecule has 0 heterocycles. The van der Waals surface area contributed by atoms with Crippen molar-refractivity contribution in [1.29, 1.82) is 0 Å². The van der Waals surface area contributed by atoms with Crippen LogP contribution in [0.25, 0.3) is 0 Å². The maximum atomic E-state index is 13.1. The van der Waals surface area contributed by atoms with Gasteiger partial charge in [-0.1, -0.05) is 64.4 Å². The molecular weight excluding hydrogens is 386 g/mol. The molecule has 158 valence electrons. The van der Waals surface area contributed by atoms with Crippen molar-refractivity contribution < 1.29 is 14.3 Å². The summed E-state index contributed by atoms with van der Waals surface area (Å²) in [6.45, 7) is 13.4. The maximum absolute atomic E-state index is 13.1. The van der Waals surface area contributed by atoms with Gasteiger partial charge in [-0.25, -0.2) is 0 Å². The fourth-order valence-electron chi connectivity index (χ4n) is 3.19. The molecule has 0 atom stereocenters. The number of rotatable bonds is 9. The van der Waals surface area contributed by atoms with Crippen LogP contribution in [0.15, 0.2) is 30.3 Å². The Labute approximate surface area is 179 Å². The predicted octanol–water partition coefficient (Wildman–Crippen LogP) is 7.03. The van der Waals surface area contributed by atoms with Crippen molar-refractivity contribution in [2.45, 2.75) is 59.8 Å². The van der Waals surface area contributed by atoms with E-state index < -0.39 is 0 Å². The van der Waals surface area contributed by atoms with Crippen LogP contribution in [0.3, 0.4) is 0 Å². The molecule has 2 rings (SSSR count). The van der Waals surface area contributed by atoms with Crippen LogP contribution in [-0.4, -0.2) is 19.1 Å². The summed E-state index contributed by atoms with van der Waals surface area (Å²) in [5, 5.41) is 3.49. The highest BCUT2D eigenvalue weighted by Crippen LogP contribution is 2.38. The second kappa shape index (κ2) is 10.5. The molecule has 4 nitrogen and oxygen atoms in total. The number of carbonyl (C=O) groups excluding carboxylic acids is 1. The first-order valence-corrected chi connectivity index (χ1v) is 10.7. The Morgan fingerprint density at radius 2 is 1.66 bits per heavy atom. The van der Waals surface area contributed by atoms with E-state index in [-0.39, 0.29) is 17.7 Å². The lowest BCUT2D eigenvalue weighted by molar-refractivity contribution is 0.102. The third kappa shape index (κ3) is 5.66. The summed E-state index contributed by atoms with van der Waals surface area (Å²) in [6, 6.07) is 9.50. The van der Waals surface area contributed by atoms with Gasteiger partial charge in [-0.15, -0.1) is 0 Å². The number of carbonyl (C=O) groups is 1. The van der Waals surface area contributed by atoms with E-state index in [2.05, 4.69) is 45.1 Å². The van der Waals surface area contributed by atoms with E-state index in [0.29, 0.717) is 35.3 Å². The normalized spacial score (nSPS) is 11.1. The Bertz CT molecular complexity index is 820. The molecule has 0 unspecified atom stereocenters. The third-order valence-electron chi connectivity index (χ3n) is 4.63. The zero-order chi connectivity index (χ0) is 21.6. The second-order valence-corrected chi connectivity index (χ2v) is 8.05. The van der Waals surface area contributed by atoms with E-state index in [0.717, 1.165) is 23.2 Å². The van der Waals surface area contributed by atoms with Crippen molar-refractivity contribution in [3.05, 3.63) is 52.0 Å². The van der Waals surface area contributed by atoms with Gasteiger partial charge >= 0.3 is 0 Å². The summed E-state index contributed by atoms with van der Waals surface area (Å²) >= 11 is 6.43. The van der Waals surface area contributed by atoms with E-state index in [4.69, 9.17) is 21.1 Å². The lowest BCUT2D eigenvalue weighted by atomic mass is 9.92. The van der Waals surface area contributed by atoms with Crippen molar-refractivity contribution >= 4 is 23.2 Å². The van der Waals surface area contributed by atoms with Crippen molar-refractivity contribution in [2.75, 3.05) is 18.5 Å². The van der Waals surface area contributed by atoms with Crippen molar-refractivity contribution in [1.82, 2.24) is 0 Å². The first-order chi connectivity index (χ1) is 13.8. The van der Waals surface area contributed by atoms with Crippen LogP contribution in [-0.2, 0) is 0 Å². The van der Waals surface area contributed by atoms with E-state index in [9.17, 15) is 4.79 Å². The molecule has 0 spiro atoms. The summed E-state index contributed by atoms with van der Waals surface area (Å²) in [6.07, 6.45) is 0.855. The average Bonchev–Trinajstić information content (AvgIpc) is 2.67. The molecule has 0 aliphatic rings. The molecule has 0 aromatic heterocycles. The Hall–Kier alpha value is -2.20. The standard InChI is InChI=1S/C24H32ClNO3/c1-7-12-29-23-20(25)13-17(14-21(23)28-8-2)24(27)26-22-18(15(3)4)10-9-11-19(22)16(5)6/h9-11,13-16H,7-8,12H2,1-6H3,(H,26,27). The molecule has 5 heteroatoms. The van der Waals surface area contributed by atoms with Gasteiger partial charge in [0.05, 0.1) is 18.2 Å². The fraction of sp³-hybridized carbons (Fsp3) is 0.458. The molecule has 0 radical (unpaired) electrons. The number of hydrogen-bond acceptors (Lipinski definition) is 3. The van der Waals surface area contributed by atoms with Gasteiger partial charge in [0.1, 0.15) is 0 Å². The molecule has 29 heavy (non-hydrogen) atoms. The van der Waals surface area contributed by atoms with Gasteiger partial charge in [0.2, 0.25) is 0 Å². The number of anilines is 1. The van der Waals surface area contributed by atoms with Crippen molar-refractivity contribution in [3.63, 3.8) is 0 Å². The minimum atomic E-state index is -0.218. The van der Waals surface area contributed by atoms with Gasteiger partial charge in [-0.2, -0.15) is 0 Å². The first-order valence-electron chi connectivity index (χ1n) is 10.3. The highest BCUT2D eigenvalue weighted by Gasteiger charge is 2.20. The molecule has 1 amide bonds. The van der Waals surface area contributed by atoms with E-state index >= 15 is 0 Å². The molecule has 2 aromatic carbocycles. The maximum Gasteiger partial charge on any atom is 0.255 e. The summed E-state index contributed by atoms with van der Waals surface area (Å²) in [7, 11) is 0. The minimum Gasteiger partial charge on any atom is -0.490 e. The quantitative estimate of drug-likeness (QED) is 0.476. The Kier molecular flexibility index (Phi) is 8.39. The molecule has 1 N–H and O–H groups in total. The molecule has 0 aliphatic heterocycles. The van der Waals surface area contributed by atoms with Crippen LogP contribution in [0.2, 0.25) is 5.02 Å². The summed E-state index contributed by atoms with van der Waals surface area (Å²) < 4.78 is 11.4. The zero-order valence-corrected chi connectivity index (χ0v) is 19.0. The highest BCUT2D eigenvalue weighted by atomic mass is 35.5. The van der Waals surface area contributed by atoms with E-state index in [1.807, 2.05) is 19.9 Å². The molecule has 0 fully saturated rings. The Balaban J connectivity index is 2.43. The lowest BCUT2D eigenvalue weighted by Gasteiger charge is -2.21. The molecular formula is C24H32ClNO3. The number of halogens is 1. The van der Waals surface area contributed by atoms with Crippen molar-refractivity contribution in [2.24, 2.45) is 0 Å². The summed E-state index contributed by atoms with van der Waals surface area (Å²) in [4.78, 5) is 13.1. The molecule has 0 bridgehead atoms. The molecule has 0 saturated heterocycles. The minimum absolute atomic E-state index is 0.218. The summed E-state index contributed by atoms with van der Waals surface area (Å²) in [5.41, 5.74) is 3.55. The smallest absolute Gasteiger partial charge is 0.255 e. The number of hydrogen-bond donors (Lipinski definition) is 1. The molecule has 0 saturated carbocycles. The topological polar surface area (TPSA) is 47.6 Å². The fourth-order valence-corrected chi connectivity index (χ4v) is 3.45. The van der Waals surface area contributed by atoms with Gasteiger partial charge in [0.15, 0.2) is 11.5 Å². The zero-order valence-electron chi connectivity index (χ0n) is 18.3. The number of nitrogens with one attached hydrogen (secondary N) is 1. The molecule has 0 aliphatic carbocycles. The van der Waals surface area contributed by atoms with Gasteiger partial charge in [-0.05, 0) is 48.4 Å². The van der Waals surface area contributed by atoms with Crippen molar-refractivity contribution in [3.8, 4) is 11.5 Å². The van der Waals surface area contributed by atoms with Crippen LogP contribution in [0, 0.1) is 0 Å². The predicted molar refractivity (Wildman–Crippen MR) is 121 cm³/mol. The van der Waals surface area contributed by atoms with Gasteiger partial charge in [0, 0.05) is 11.3 Å². The Morgan fingerprint density at radius 3 is 2.17 bits per heavy atom. The van der Waals surface area contributed by atoms with Crippen LogP contribution in [0.1, 0.15) is 81.3 Å². The largest absolute Gasteiger partial charge is 0.490 e. The number of amides is 1. The van der Waals surface area contributed by atoms with Crippen LogP contribution >= 0.6 is 11.6 Å². The number of benzene rings is 2. The lowest BCUT2D eigenvalue weighted by Crippen LogP contribution is -2.16. The molecule has 2 aromatic rings. The average molecular weight is 418 g/mol. The van der Waals surface area contributed by atoms with Crippen LogP contribution in [0.5, 0.6) is 11.5 Å².